The molecule has 0 radical (unpaired) electrons. The zero-order valence-electron chi connectivity index (χ0n) is 12.6. The number of Topliss-reactive ketones (excluding diaryl/α,β-unsaturated/α-hetero) is 1. The molecule has 1 aliphatic carbocycles. The largest absolute Gasteiger partial charge is 0.496 e. The number of ketones is 1. The number of hydrogen-bond donors (Lipinski definition) is 0. The lowest BCUT2D eigenvalue weighted by Gasteiger charge is -2.31. The van der Waals surface area contributed by atoms with Crippen LogP contribution in [0.1, 0.15) is 44.1 Å². The molecule has 21 heavy (non-hydrogen) atoms. The van der Waals surface area contributed by atoms with Gasteiger partial charge in [-0.15, -0.1) is 0 Å². The second-order valence-electron chi connectivity index (χ2n) is 5.40. The highest BCUT2D eigenvalue weighted by Gasteiger charge is 2.33. The monoisotopic (exact) mass is 290 g/mol. The molecule has 4 heteroatoms. The van der Waals surface area contributed by atoms with Crippen LogP contribution in [-0.4, -0.2) is 25.5 Å². The maximum absolute atomic E-state index is 11.8. The number of esters is 1. The molecule has 2 rings (SSSR count). The van der Waals surface area contributed by atoms with Crippen LogP contribution >= 0.6 is 0 Å². The summed E-state index contributed by atoms with van der Waals surface area (Å²) in [6, 6.07) is 7.74. The van der Waals surface area contributed by atoms with E-state index in [0.29, 0.717) is 25.9 Å². The van der Waals surface area contributed by atoms with E-state index in [0.717, 1.165) is 17.7 Å². The summed E-state index contributed by atoms with van der Waals surface area (Å²) in [7, 11) is 1.63. The van der Waals surface area contributed by atoms with Crippen LogP contribution in [0.15, 0.2) is 24.3 Å². The average Bonchev–Trinajstić information content (AvgIpc) is 2.49. The fourth-order valence-electron chi connectivity index (χ4n) is 3.08. The van der Waals surface area contributed by atoms with Gasteiger partial charge < -0.3 is 9.47 Å². The lowest BCUT2D eigenvalue weighted by molar-refractivity contribution is -0.145. The number of benzene rings is 1. The average molecular weight is 290 g/mol. The Morgan fingerprint density at radius 2 is 2.10 bits per heavy atom. The first-order chi connectivity index (χ1) is 10.2. The predicted molar refractivity (Wildman–Crippen MR) is 79.3 cm³/mol. The van der Waals surface area contributed by atoms with Crippen molar-refractivity contribution in [1.82, 2.24) is 0 Å². The van der Waals surface area contributed by atoms with Crippen LogP contribution in [0.2, 0.25) is 0 Å². The summed E-state index contributed by atoms with van der Waals surface area (Å²) < 4.78 is 10.5. The molecular formula is C17H22O4. The smallest absolute Gasteiger partial charge is 0.306 e. The minimum atomic E-state index is -0.184. The molecule has 0 spiro atoms. The molecule has 0 amide bonds. The van der Waals surface area contributed by atoms with E-state index in [-0.39, 0.29) is 23.6 Å². The van der Waals surface area contributed by atoms with Crippen molar-refractivity contribution in [2.24, 2.45) is 5.92 Å². The molecule has 1 aromatic rings. The summed E-state index contributed by atoms with van der Waals surface area (Å²) in [6.07, 6.45) is 2.13. The van der Waals surface area contributed by atoms with Gasteiger partial charge in [-0.1, -0.05) is 18.2 Å². The van der Waals surface area contributed by atoms with Crippen LogP contribution in [0, 0.1) is 5.92 Å². The topological polar surface area (TPSA) is 52.6 Å². The van der Waals surface area contributed by atoms with Crippen molar-refractivity contribution in [3.05, 3.63) is 29.8 Å². The third kappa shape index (κ3) is 3.84. The number of methoxy groups -OCH3 is 1. The van der Waals surface area contributed by atoms with Crippen LogP contribution in [-0.2, 0) is 14.3 Å². The number of hydrogen-bond acceptors (Lipinski definition) is 4. The van der Waals surface area contributed by atoms with E-state index in [1.807, 2.05) is 24.3 Å². The maximum Gasteiger partial charge on any atom is 0.306 e. The van der Waals surface area contributed by atoms with Crippen LogP contribution in [0.25, 0.3) is 0 Å². The van der Waals surface area contributed by atoms with Crippen molar-refractivity contribution in [1.29, 1.82) is 0 Å². The second-order valence-corrected chi connectivity index (χ2v) is 5.40. The second kappa shape index (κ2) is 7.25. The highest BCUT2D eigenvalue weighted by molar-refractivity contribution is 5.81. The van der Waals surface area contributed by atoms with E-state index >= 15 is 0 Å². The Morgan fingerprint density at radius 3 is 2.81 bits per heavy atom. The van der Waals surface area contributed by atoms with Gasteiger partial charge in [0.2, 0.25) is 0 Å². The number of carbonyl (C=O) groups is 2. The van der Waals surface area contributed by atoms with Crippen molar-refractivity contribution in [2.75, 3.05) is 13.7 Å². The maximum atomic E-state index is 11.8. The van der Waals surface area contributed by atoms with E-state index in [9.17, 15) is 9.59 Å². The van der Waals surface area contributed by atoms with E-state index in [4.69, 9.17) is 9.47 Å². The van der Waals surface area contributed by atoms with Gasteiger partial charge in [0.15, 0.2) is 0 Å². The predicted octanol–water partition coefficient (Wildman–Crippen LogP) is 3.10. The lowest BCUT2D eigenvalue weighted by Crippen LogP contribution is -2.26. The molecule has 1 aromatic carbocycles. The van der Waals surface area contributed by atoms with E-state index < -0.39 is 0 Å². The Labute approximate surface area is 125 Å². The Hall–Kier alpha value is -1.84. The van der Waals surface area contributed by atoms with E-state index in [1.165, 1.54) is 0 Å². The Kier molecular flexibility index (Phi) is 5.37. The quantitative estimate of drug-likeness (QED) is 0.782. The minimum absolute atomic E-state index is 0.0341. The van der Waals surface area contributed by atoms with Crippen LogP contribution in [0.3, 0.4) is 0 Å². The van der Waals surface area contributed by atoms with Crippen molar-refractivity contribution < 1.29 is 19.1 Å². The van der Waals surface area contributed by atoms with E-state index in [2.05, 4.69) is 0 Å². The lowest BCUT2D eigenvalue weighted by atomic mass is 9.73. The van der Waals surface area contributed by atoms with Gasteiger partial charge in [-0.3, -0.25) is 9.59 Å². The molecule has 1 aliphatic rings. The molecule has 1 saturated carbocycles. The first-order valence-electron chi connectivity index (χ1n) is 7.46. The standard InChI is InChI=1S/C17H22O4/c1-3-21-17(19)10-12-8-9-13(18)11-15(12)14-6-4-5-7-16(14)20-2/h4-7,12,15H,3,8-11H2,1-2H3/t12-,15-/m0/s1. The molecule has 1 fully saturated rings. The van der Waals surface area contributed by atoms with Gasteiger partial charge in [-0.2, -0.15) is 0 Å². The third-order valence-corrected chi connectivity index (χ3v) is 4.08. The first kappa shape index (κ1) is 15.5. The molecule has 2 atom stereocenters. The van der Waals surface area contributed by atoms with Crippen molar-refractivity contribution in [3.63, 3.8) is 0 Å². The Bertz CT molecular complexity index is 509. The molecule has 0 aromatic heterocycles. The fourth-order valence-corrected chi connectivity index (χ4v) is 3.08. The van der Waals surface area contributed by atoms with Crippen molar-refractivity contribution in [2.45, 2.75) is 38.5 Å². The van der Waals surface area contributed by atoms with Crippen LogP contribution in [0.4, 0.5) is 0 Å². The van der Waals surface area contributed by atoms with Crippen molar-refractivity contribution in [3.8, 4) is 5.75 Å². The van der Waals surface area contributed by atoms with Gasteiger partial charge in [-0.05, 0) is 36.8 Å². The third-order valence-electron chi connectivity index (χ3n) is 4.08. The zero-order valence-corrected chi connectivity index (χ0v) is 12.6. The normalized spacial score (nSPS) is 21.9. The molecule has 0 heterocycles. The van der Waals surface area contributed by atoms with Crippen LogP contribution < -0.4 is 4.74 Å². The van der Waals surface area contributed by atoms with Crippen LogP contribution in [0.5, 0.6) is 5.75 Å². The molecule has 0 unspecified atom stereocenters. The highest BCUT2D eigenvalue weighted by atomic mass is 16.5. The Morgan fingerprint density at radius 1 is 1.33 bits per heavy atom. The molecule has 114 valence electrons. The number of para-hydroxylation sites is 1. The number of carbonyl (C=O) groups excluding carboxylic acids is 2. The zero-order chi connectivity index (χ0) is 15.2. The number of ether oxygens (including phenoxy) is 2. The van der Waals surface area contributed by atoms with E-state index in [1.54, 1.807) is 14.0 Å². The first-order valence-corrected chi connectivity index (χ1v) is 7.46. The van der Waals surface area contributed by atoms with Gasteiger partial charge in [0.1, 0.15) is 11.5 Å². The van der Waals surface area contributed by atoms with Gasteiger partial charge in [0, 0.05) is 19.3 Å². The summed E-state index contributed by atoms with van der Waals surface area (Å²) in [5.74, 6) is 1.03. The molecule has 0 N–H and O–H groups in total. The molecule has 0 bridgehead atoms. The minimum Gasteiger partial charge on any atom is -0.496 e. The number of rotatable bonds is 5. The molecule has 4 nitrogen and oxygen atoms in total. The fraction of sp³-hybridized carbons (Fsp3) is 0.529. The summed E-state index contributed by atoms with van der Waals surface area (Å²) in [5, 5.41) is 0. The van der Waals surface area contributed by atoms with Gasteiger partial charge in [-0.25, -0.2) is 0 Å². The van der Waals surface area contributed by atoms with Crippen molar-refractivity contribution >= 4 is 11.8 Å². The summed E-state index contributed by atoms with van der Waals surface area (Å²) in [4.78, 5) is 23.6. The van der Waals surface area contributed by atoms with Gasteiger partial charge in [0.05, 0.1) is 13.7 Å². The van der Waals surface area contributed by atoms with Gasteiger partial charge >= 0.3 is 5.97 Å². The van der Waals surface area contributed by atoms with Gasteiger partial charge in [0.25, 0.3) is 0 Å². The molecular weight excluding hydrogens is 268 g/mol. The summed E-state index contributed by atoms with van der Waals surface area (Å²) in [6.45, 7) is 2.20. The SMILES string of the molecule is CCOC(=O)C[C@@H]1CCC(=O)C[C@@H]1c1ccccc1OC. The Balaban J connectivity index is 2.22. The molecule has 0 aliphatic heterocycles. The highest BCUT2D eigenvalue weighted by Crippen LogP contribution is 2.41. The summed E-state index contributed by atoms with van der Waals surface area (Å²) >= 11 is 0. The summed E-state index contributed by atoms with van der Waals surface area (Å²) in [5.41, 5.74) is 1.02. The molecule has 0 saturated heterocycles.